The molecule has 3 aromatic heterocycles. The summed E-state index contributed by atoms with van der Waals surface area (Å²) in [6.45, 7) is 2.02. The number of halogens is 2. The third kappa shape index (κ3) is 3.51. The molecule has 3 aliphatic rings. The molecule has 7 rings (SSSR count). The molecule has 1 spiro atoms. The first-order chi connectivity index (χ1) is 17.0. The van der Waals surface area contributed by atoms with Crippen LogP contribution in [-0.4, -0.2) is 27.8 Å². The van der Waals surface area contributed by atoms with Crippen LogP contribution in [-0.2, 0) is 7.05 Å². The van der Waals surface area contributed by atoms with Crippen LogP contribution in [0.15, 0.2) is 53.2 Å². The summed E-state index contributed by atoms with van der Waals surface area (Å²) >= 11 is 13.1. The molecule has 178 valence electrons. The highest BCUT2D eigenvalue weighted by Crippen LogP contribution is 2.56. The average molecular weight is 505 g/mol. The lowest BCUT2D eigenvalue weighted by Crippen LogP contribution is -2.42. The zero-order valence-corrected chi connectivity index (χ0v) is 21.1. The molecule has 0 unspecified atom stereocenters. The number of rotatable bonds is 4. The quantitative estimate of drug-likeness (QED) is 0.288. The van der Waals surface area contributed by atoms with Gasteiger partial charge in [-0.15, -0.1) is 0 Å². The smallest absolute Gasteiger partial charge is 0.147 e. The third-order valence-electron chi connectivity index (χ3n) is 8.00. The highest BCUT2D eigenvalue weighted by atomic mass is 35.5. The standard InChI is InChI=1S/C28H26Cl2N4O/c1-33-12-9-18-7-8-22(31-27(18)33)34-13-10-28(11-14-34)15-19(16-28)23-25(32-35-26(23)17-5-6-17)24-20(29)3-2-4-21(24)30/h2-4,7-9,12,15,17H,5-6,10-11,13-14,16H2,1H3. The molecule has 0 atom stereocenters. The molecule has 4 heterocycles. The van der Waals surface area contributed by atoms with E-state index in [2.05, 4.69) is 52.1 Å². The Bertz CT molecular complexity index is 1470. The average Bonchev–Trinajstić information content (AvgIpc) is 3.50. The van der Waals surface area contributed by atoms with Crippen molar-refractivity contribution in [3.05, 3.63) is 70.0 Å². The van der Waals surface area contributed by atoms with Gasteiger partial charge in [-0.3, -0.25) is 0 Å². The van der Waals surface area contributed by atoms with Crippen molar-refractivity contribution >= 4 is 45.6 Å². The number of allylic oxidation sites excluding steroid dienone is 2. The molecule has 5 nitrogen and oxygen atoms in total. The minimum absolute atomic E-state index is 0.237. The molecule has 2 fully saturated rings. The summed E-state index contributed by atoms with van der Waals surface area (Å²) in [6, 6.07) is 12.0. The minimum Gasteiger partial charge on any atom is -0.360 e. The fourth-order valence-electron chi connectivity index (χ4n) is 5.82. The maximum atomic E-state index is 6.56. The van der Waals surface area contributed by atoms with E-state index in [0.717, 1.165) is 79.2 Å². The summed E-state index contributed by atoms with van der Waals surface area (Å²) < 4.78 is 7.99. The van der Waals surface area contributed by atoms with Crippen LogP contribution in [0.1, 0.15) is 49.3 Å². The first kappa shape index (κ1) is 21.5. The Morgan fingerprint density at radius 1 is 1.00 bits per heavy atom. The number of anilines is 1. The van der Waals surface area contributed by atoms with Gasteiger partial charge in [-0.2, -0.15) is 0 Å². The normalized spacial score (nSPS) is 19.3. The van der Waals surface area contributed by atoms with Crippen LogP contribution in [0.4, 0.5) is 5.82 Å². The van der Waals surface area contributed by atoms with Crippen LogP contribution in [0.25, 0.3) is 27.9 Å². The number of hydrogen-bond donors (Lipinski definition) is 0. The second-order valence-corrected chi connectivity index (χ2v) is 11.2. The van der Waals surface area contributed by atoms with E-state index in [4.69, 9.17) is 32.7 Å². The molecule has 0 radical (unpaired) electrons. The molecule has 7 heteroatoms. The van der Waals surface area contributed by atoms with Crippen LogP contribution >= 0.6 is 23.2 Å². The van der Waals surface area contributed by atoms with E-state index in [1.54, 1.807) is 0 Å². The molecule has 1 aromatic carbocycles. The van der Waals surface area contributed by atoms with Gasteiger partial charge in [0.05, 0.1) is 10.0 Å². The second-order valence-electron chi connectivity index (χ2n) is 10.3. The second kappa shape index (κ2) is 7.87. The van der Waals surface area contributed by atoms with E-state index in [9.17, 15) is 0 Å². The molecule has 1 saturated heterocycles. The Kier molecular flexibility index (Phi) is 4.84. The van der Waals surface area contributed by atoms with E-state index in [0.29, 0.717) is 16.0 Å². The van der Waals surface area contributed by atoms with Crippen molar-refractivity contribution in [2.75, 3.05) is 18.0 Å². The Morgan fingerprint density at radius 2 is 1.74 bits per heavy atom. The van der Waals surface area contributed by atoms with Gasteiger partial charge < -0.3 is 14.0 Å². The van der Waals surface area contributed by atoms with Gasteiger partial charge in [0.1, 0.15) is 22.9 Å². The molecule has 4 aromatic rings. The highest BCUT2D eigenvalue weighted by Gasteiger charge is 2.44. The Balaban J connectivity index is 1.16. The van der Waals surface area contributed by atoms with Gasteiger partial charge in [0.15, 0.2) is 0 Å². The summed E-state index contributed by atoms with van der Waals surface area (Å²) in [7, 11) is 2.05. The maximum absolute atomic E-state index is 6.56. The van der Waals surface area contributed by atoms with Crippen molar-refractivity contribution in [2.24, 2.45) is 12.5 Å². The molecule has 35 heavy (non-hydrogen) atoms. The third-order valence-corrected chi connectivity index (χ3v) is 8.63. The van der Waals surface area contributed by atoms with Gasteiger partial charge in [-0.1, -0.05) is 40.5 Å². The van der Waals surface area contributed by atoms with E-state index in [1.165, 1.54) is 11.0 Å². The summed E-state index contributed by atoms with van der Waals surface area (Å²) in [5.41, 5.74) is 5.31. The van der Waals surface area contributed by atoms with Gasteiger partial charge in [0.25, 0.3) is 0 Å². The Morgan fingerprint density at radius 3 is 2.46 bits per heavy atom. The minimum atomic E-state index is 0.237. The first-order valence-corrected chi connectivity index (χ1v) is 13.1. The lowest BCUT2D eigenvalue weighted by Gasteiger charge is -2.46. The number of nitrogens with zero attached hydrogens (tertiary/aromatic N) is 4. The monoisotopic (exact) mass is 504 g/mol. The predicted molar refractivity (Wildman–Crippen MR) is 141 cm³/mol. The van der Waals surface area contributed by atoms with Crippen molar-refractivity contribution < 1.29 is 4.52 Å². The first-order valence-electron chi connectivity index (χ1n) is 12.3. The molecule has 0 amide bonds. The van der Waals surface area contributed by atoms with Crippen LogP contribution < -0.4 is 4.90 Å². The van der Waals surface area contributed by atoms with Crippen molar-refractivity contribution in [3.8, 4) is 11.3 Å². The van der Waals surface area contributed by atoms with Crippen molar-refractivity contribution in [1.82, 2.24) is 14.7 Å². The van der Waals surface area contributed by atoms with Crippen LogP contribution in [0.3, 0.4) is 0 Å². The number of benzene rings is 1. The molecular formula is C28H26Cl2N4O. The number of hydrogen-bond acceptors (Lipinski definition) is 4. The number of fused-ring (bicyclic) bond motifs is 1. The molecule has 0 bridgehead atoms. The van der Waals surface area contributed by atoms with Crippen LogP contribution in [0.5, 0.6) is 0 Å². The van der Waals surface area contributed by atoms with Crippen LogP contribution in [0.2, 0.25) is 10.0 Å². The highest BCUT2D eigenvalue weighted by molar-refractivity contribution is 6.39. The van der Waals surface area contributed by atoms with Gasteiger partial charge in [0.2, 0.25) is 0 Å². The van der Waals surface area contributed by atoms with E-state index >= 15 is 0 Å². The molecule has 0 N–H and O–H groups in total. The van der Waals surface area contributed by atoms with E-state index in [-0.39, 0.29) is 5.41 Å². The Labute approximate surface area is 214 Å². The zero-order valence-electron chi connectivity index (χ0n) is 19.6. The zero-order chi connectivity index (χ0) is 23.7. The maximum Gasteiger partial charge on any atom is 0.147 e. The fourth-order valence-corrected chi connectivity index (χ4v) is 6.39. The van der Waals surface area contributed by atoms with Gasteiger partial charge in [0, 0.05) is 48.8 Å². The molecule has 1 saturated carbocycles. The lowest BCUT2D eigenvalue weighted by atomic mass is 9.63. The van der Waals surface area contributed by atoms with Gasteiger partial charge in [-0.05, 0) is 73.4 Å². The summed E-state index contributed by atoms with van der Waals surface area (Å²) in [6.07, 6.45) is 10.1. The predicted octanol–water partition coefficient (Wildman–Crippen LogP) is 7.49. The van der Waals surface area contributed by atoms with Gasteiger partial charge in [-0.25, -0.2) is 4.98 Å². The number of aromatic nitrogens is 3. The summed E-state index contributed by atoms with van der Waals surface area (Å²) in [5.74, 6) is 2.54. The largest absolute Gasteiger partial charge is 0.360 e. The van der Waals surface area contributed by atoms with Crippen molar-refractivity contribution in [2.45, 2.75) is 38.0 Å². The lowest BCUT2D eigenvalue weighted by molar-refractivity contribution is 0.277. The van der Waals surface area contributed by atoms with E-state index in [1.807, 2.05) is 18.2 Å². The molecular weight excluding hydrogens is 479 g/mol. The number of aryl methyl sites for hydroxylation is 1. The van der Waals surface area contributed by atoms with Crippen molar-refractivity contribution in [1.29, 1.82) is 0 Å². The number of pyridine rings is 1. The summed E-state index contributed by atoms with van der Waals surface area (Å²) in [4.78, 5) is 7.36. The van der Waals surface area contributed by atoms with E-state index < -0.39 is 0 Å². The van der Waals surface area contributed by atoms with Crippen molar-refractivity contribution in [3.63, 3.8) is 0 Å². The fraction of sp³-hybridized carbons (Fsp3) is 0.357. The number of piperidine rings is 1. The Hall–Kier alpha value is -2.76. The van der Waals surface area contributed by atoms with Crippen LogP contribution in [0, 0.1) is 5.41 Å². The SMILES string of the molecule is Cn1ccc2ccc(N3CCC4(C=C(c5c(-c6c(Cl)cccc6Cl)noc5C5CC5)C4)CC3)nc21. The topological polar surface area (TPSA) is 47.1 Å². The van der Waals surface area contributed by atoms with Gasteiger partial charge >= 0.3 is 0 Å². The summed E-state index contributed by atoms with van der Waals surface area (Å²) in [5, 5.41) is 6.89. The molecule has 1 aliphatic heterocycles. The molecule has 2 aliphatic carbocycles.